The summed E-state index contributed by atoms with van der Waals surface area (Å²) in [5, 5.41) is 4.62. The number of ether oxygens (including phenoxy) is 1. The maximum absolute atomic E-state index is 13.4. The Labute approximate surface area is 85.3 Å². The van der Waals surface area contributed by atoms with Crippen molar-refractivity contribution in [2.75, 3.05) is 7.11 Å². The summed E-state index contributed by atoms with van der Waals surface area (Å²) in [7, 11) is 2.94. The average molecular weight is 208 g/mol. The molecule has 0 saturated carbocycles. The summed E-state index contributed by atoms with van der Waals surface area (Å²) < 4.78 is 19.5. The molecular weight excluding hydrogens is 199 g/mol. The molecule has 1 aromatic heterocycles. The summed E-state index contributed by atoms with van der Waals surface area (Å²) in [6.07, 6.45) is 1.54. The summed E-state index contributed by atoms with van der Waals surface area (Å²) in [5.74, 6) is -1.28. The number of rotatable bonds is 1. The molecule has 0 amide bonds. The second kappa shape index (κ2) is 3.34. The molecule has 0 saturated heterocycles. The number of fused-ring (bicyclic) bond motifs is 1. The number of hydrogen-bond donors (Lipinski definition) is 0. The Kier molecular flexibility index (Phi) is 2.15. The zero-order valence-electron chi connectivity index (χ0n) is 8.32. The van der Waals surface area contributed by atoms with Gasteiger partial charge in [-0.1, -0.05) is 0 Å². The highest BCUT2D eigenvalue weighted by Crippen LogP contribution is 2.18. The van der Waals surface area contributed by atoms with Gasteiger partial charge in [0.2, 0.25) is 0 Å². The van der Waals surface area contributed by atoms with Gasteiger partial charge in [0.05, 0.1) is 24.4 Å². The van der Waals surface area contributed by atoms with E-state index in [9.17, 15) is 9.18 Å². The molecule has 0 N–H and O–H groups in total. The van der Waals surface area contributed by atoms with Gasteiger partial charge in [0.15, 0.2) is 0 Å². The van der Waals surface area contributed by atoms with Crippen molar-refractivity contribution in [3.63, 3.8) is 0 Å². The second-order valence-corrected chi connectivity index (χ2v) is 3.15. The van der Waals surface area contributed by atoms with E-state index in [1.807, 2.05) is 0 Å². The normalized spacial score (nSPS) is 10.6. The number of aryl methyl sites for hydroxylation is 1. The molecule has 0 fully saturated rings. The van der Waals surface area contributed by atoms with Crippen molar-refractivity contribution >= 4 is 16.9 Å². The van der Waals surface area contributed by atoms with Crippen LogP contribution in [0.2, 0.25) is 0 Å². The van der Waals surface area contributed by atoms with Crippen molar-refractivity contribution in [3.05, 3.63) is 29.7 Å². The molecule has 1 heterocycles. The number of nitrogens with zero attached hydrogens (tertiary/aromatic N) is 2. The molecule has 0 unspecified atom stereocenters. The molecular formula is C10H9FN2O2. The minimum absolute atomic E-state index is 0.0754. The lowest BCUT2D eigenvalue weighted by Crippen LogP contribution is -2.04. The first-order valence-corrected chi connectivity index (χ1v) is 4.33. The van der Waals surface area contributed by atoms with Gasteiger partial charge in [-0.3, -0.25) is 4.68 Å². The fourth-order valence-electron chi connectivity index (χ4n) is 1.44. The number of esters is 1. The summed E-state index contributed by atoms with van der Waals surface area (Å²) in [5.41, 5.74) is 0.616. The highest BCUT2D eigenvalue weighted by molar-refractivity contribution is 5.94. The van der Waals surface area contributed by atoms with E-state index in [1.54, 1.807) is 17.9 Å². The SMILES string of the molecule is COC(=O)c1cc2c(cnn2C)cc1F. The fourth-order valence-corrected chi connectivity index (χ4v) is 1.44. The third kappa shape index (κ3) is 1.45. The van der Waals surface area contributed by atoms with Gasteiger partial charge in [0.25, 0.3) is 0 Å². The van der Waals surface area contributed by atoms with Crippen LogP contribution in [0.15, 0.2) is 18.3 Å². The van der Waals surface area contributed by atoms with E-state index in [-0.39, 0.29) is 5.56 Å². The first kappa shape index (κ1) is 9.64. The molecule has 0 atom stereocenters. The third-order valence-electron chi connectivity index (χ3n) is 2.24. The molecule has 4 nitrogen and oxygen atoms in total. The molecule has 0 aliphatic rings. The van der Waals surface area contributed by atoms with Crippen LogP contribution in [-0.2, 0) is 11.8 Å². The standard InChI is InChI=1S/C10H9FN2O2/c1-13-9-4-7(10(14)15-2)8(11)3-6(9)5-12-13/h3-5H,1-2H3. The van der Waals surface area contributed by atoms with E-state index in [4.69, 9.17) is 0 Å². The van der Waals surface area contributed by atoms with E-state index in [0.29, 0.717) is 10.9 Å². The van der Waals surface area contributed by atoms with Gasteiger partial charge in [0.1, 0.15) is 5.82 Å². The van der Waals surface area contributed by atoms with Crippen molar-refractivity contribution < 1.29 is 13.9 Å². The number of benzene rings is 1. The molecule has 0 radical (unpaired) electrons. The van der Waals surface area contributed by atoms with E-state index >= 15 is 0 Å². The molecule has 0 spiro atoms. The van der Waals surface area contributed by atoms with E-state index in [0.717, 1.165) is 0 Å². The third-order valence-corrected chi connectivity index (χ3v) is 2.24. The maximum Gasteiger partial charge on any atom is 0.340 e. The van der Waals surface area contributed by atoms with Crippen LogP contribution in [-0.4, -0.2) is 22.9 Å². The van der Waals surface area contributed by atoms with Crippen LogP contribution in [0.3, 0.4) is 0 Å². The molecule has 2 aromatic rings. The van der Waals surface area contributed by atoms with Gasteiger partial charge in [-0.25, -0.2) is 9.18 Å². The van der Waals surface area contributed by atoms with Gasteiger partial charge in [-0.15, -0.1) is 0 Å². The van der Waals surface area contributed by atoms with Gasteiger partial charge in [-0.05, 0) is 12.1 Å². The summed E-state index contributed by atoms with van der Waals surface area (Å²) in [6.45, 7) is 0. The molecule has 5 heteroatoms. The Morgan fingerprint density at radius 1 is 1.53 bits per heavy atom. The van der Waals surface area contributed by atoms with Gasteiger partial charge in [-0.2, -0.15) is 5.10 Å². The monoisotopic (exact) mass is 208 g/mol. The van der Waals surface area contributed by atoms with Crippen molar-refractivity contribution in [1.29, 1.82) is 0 Å². The summed E-state index contributed by atoms with van der Waals surface area (Å²) >= 11 is 0. The van der Waals surface area contributed by atoms with Crippen molar-refractivity contribution in [1.82, 2.24) is 9.78 Å². The van der Waals surface area contributed by atoms with Gasteiger partial charge < -0.3 is 4.74 Å². The average Bonchev–Trinajstić information content (AvgIpc) is 2.58. The summed E-state index contributed by atoms with van der Waals surface area (Å²) in [4.78, 5) is 11.2. The van der Waals surface area contributed by atoms with Crippen molar-refractivity contribution in [3.8, 4) is 0 Å². The van der Waals surface area contributed by atoms with Crippen molar-refractivity contribution in [2.45, 2.75) is 0 Å². The zero-order valence-corrected chi connectivity index (χ0v) is 8.32. The molecule has 0 bridgehead atoms. The molecule has 15 heavy (non-hydrogen) atoms. The van der Waals surface area contributed by atoms with E-state index < -0.39 is 11.8 Å². The predicted molar refractivity (Wildman–Crippen MR) is 52.0 cm³/mol. The molecule has 2 rings (SSSR count). The maximum atomic E-state index is 13.4. The highest BCUT2D eigenvalue weighted by Gasteiger charge is 2.14. The number of carbonyl (C=O) groups excluding carboxylic acids is 1. The zero-order chi connectivity index (χ0) is 11.0. The number of hydrogen-bond acceptors (Lipinski definition) is 3. The highest BCUT2D eigenvalue weighted by atomic mass is 19.1. The predicted octanol–water partition coefficient (Wildman–Crippen LogP) is 1.50. The van der Waals surface area contributed by atoms with Crippen LogP contribution in [0.4, 0.5) is 4.39 Å². The van der Waals surface area contributed by atoms with E-state index in [2.05, 4.69) is 9.84 Å². The topological polar surface area (TPSA) is 44.1 Å². The molecule has 0 aliphatic carbocycles. The number of methoxy groups -OCH3 is 1. The molecule has 1 aromatic carbocycles. The number of halogens is 1. The van der Waals surface area contributed by atoms with Crippen LogP contribution in [0.1, 0.15) is 10.4 Å². The first-order chi connectivity index (χ1) is 7.13. The van der Waals surface area contributed by atoms with Crippen LogP contribution in [0.5, 0.6) is 0 Å². The Morgan fingerprint density at radius 3 is 2.93 bits per heavy atom. The Hall–Kier alpha value is -1.91. The minimum Gasteiger partial charge on any atom is -0.465 e. The van der Waals surface area contributed by atoms with Crippen LogP contribution in [0, 0.1) is 5.82 Å². The smallest absolute Gasteiger partial charge is 0.340 e. The number of aromatic nitrogens is 2. The van der Waals surface area contributed by atoms with Crippen LogP contribution < -0.4 is 0 Å². The Bertz CT molecular complexity index is 533. The van der Waals surface area contributed by atoms with Crippen molar-refractivity contribution in [2.24, 2.45) is 7.05 Å². The number of carbonyl (C=O) groups is 1. The molecule has 78 valence electrons. The lowest BCUT2D eigenvalue weighted by molar-refractivity contribution is 0.0595. The van der Waals surface area contributed by atoms with Crippen LogP contribution in [0.25, 0.3) is 10.9 Å². The largest absolute Gasteiger partial charge is 0.465 e. The van der Waals surface area contributed by atoms with E-state index in [1.165, 1.54) is 19.2 Å². The first-order valence-electron chi connectivity index (χ1n) is 4.33. The fraction of sp³-hybridized carbons (Fsp3) is 0.200. The molecule has 0 aliphatic heterocycles. The Morgan fingerprint density at radius 2 is 2.27 bits per heavy atom. The summed E-state index contributed by atoms with van der Waals surface area (Å²) in [6, 6.07) is 2.71. The Balaban J connectivity index is 2.70. The van der Waals surface area contributed by atoms with Crippen LogP contribution >= 0.6 is 0 Å². The lowest BCUT2D eigenvalue weighted by Gasteiger charge is -2.02. The minimum atomic E-state index is -0.685. The van der Waals surface area contributed by atoms with Gasteiger partial charge >= 0.3 is 5.97 Å². The quantitative estimate of drug-likeness (QED) is 0.667. The van der Waals surface area contributed by atoms with Gasteiger partial charge in [0, 0.05) is 12.4 Å². The second-order valence-electron chi connectivity index (χ2n) is 3.15. The lowest BCUT2D eigenvalue weighted by atomic mass is 10.1.